The minimum atomic E-state index is -0.294. The van der Waals surface area contributed by atoms with Gasteiger partial charge in [-0.2, -0.15) is 0 Å². The summed E-state index contributed by atoms with van der Waals surface area (Å²) in [5.41, 5.74) is 5.21. The molecule has 0 radical (unpaired) electrons. The lowest BCUT2D eigenvalue weighted by atomic mass is 9.93. The zero-order valence-electron chi connectivity index (χ0n) is 16.0. The third-order valence-corrected chi connectivity index (χ3v) is 5.88. The number of benzene rings is 3. The van der Waals surface area contributed by atoms with E-state index >= 15 is 0 Å². The maximum absolute atomic E-state index is 6.42. The Labute approximate surface area is 176 Å². The molecular weight excluding hydrogens is 391 g/mol. The van der Waals surface area contributed by atoms with E-state index in [2.05, 4.69) is 49.4 Å². The molecule has 1 saturated carbocycles. The summed E-state index contributed by atoms with van der Waals surface area (Å²) < 4.78 is 12.1. The molecule has 4 rings (SSSR count). The Kier molecular flexibility index (Phi) is 5.37. The molecule has 3 aromatic carbocycles. The highest BCUT2D eigenvalue weighted by Crippen LogP contribution is 2.53. The number of aryl methyl sites for hydroxylation is 1. The molecule has 1 aliphatic carbocycles. The minimum Gasteiger partial charge on any atom is -0.496 e. The van der Waals surface area contributed by atoms with E-state index < -0.39 is 0 Å². The number of halogens is 2. The fraction of sp³-hybridized carbons (Fsp3) is 0.250. The van der Waals surface area contributed by atoms with E-state index in [9.17, 15) is 0 Å². The molecule has 1 fully saturated rings. The number of hydrogen-bond donors (Lipinski definition) is 0. The Morgan fingerprint density at radius 3 is 2.46 bits per heavy atom. The van der Waals surface area contributed by atoms with Gasteiger partial charge in [0.15, 0.2) is 0 Å². The van der Waals surface area contributed by atoms with Crippen LogP contribution < -0.4 is 4.74 Å². The van der Waals surface area contributed by atoms with E-state index in [0.29, 0.717) is 16.7 Å². The molecule has 3 aromatic rings. The van der Waals surface area contributed by atoms with Crippen molar-refractivity contribution < 1.29 is 9.47 Å². The average Bonchev–Trinajstić information content (AvgIpc) is 3.49. The number of rotatable bonds is 6. The van der Waals surface area contributed by atoms with Gasteiger partial charge in [-0.25, -0.2) is 0 Å². The van der Waals surface area contributed by atoms with Gasteiger partial charge in [-0.1, -0.05) is 59.6 Å². The largest absolute Gasteiger partial charge is 0.496 e. The van der Waals surface area contributed by atoms with Crippen molar-refractivity contribution in [1.29, 1.82) is 0 Å². The third-order valence-electron chi connectivity index (χ3n) is 5.28. The van der Waals surface area contributed by atoms with Gasteiger partial charge in [0, 0.05) is 15.6 Å². The quantitative estimate of drug-likeness (QED) is 0.426. The van der Waals surface area contributed by atoms with E-state index in [1.807, 2.05) is 12.1 Å². The smallest absolute Gasteiger partial charge is 0.126 e. The van der Waals surface area contributed by atoms with Crippen LogP contribution in [0.4, 0.5) is 0 Å². The standard InChI is InChI=1S/C24H22Cl2O2/c1-16-7-9-20(23(13-16)27-2)19-5-3-4-6-21(19)24(11-12-24)28-15-17-14-18(25)8-10-22(17)26/h3-10,13-14H,11-12,15H2,1-2H3. The highest BCUT2D eigenvalue weighted by Gasteiger charge is 2.47. The van der Waals surface area contributed by atoms with Crippen LogP contribution in [0.2, 0.25) is 10.0 Å². The Bertz CT molecular complexity index is 1010. The van der Waals surface area contributed by atoms with E-state index in [-0.39, 0.29) is 5.60 Å². The fourth-order valence-corrected chi connectivity index (χ4v) is 3.98. The summed E-state index contributed by atoms with van der Waals surface area (Å²) in [7, 11) is 1.71. The van der Waals surface area contributed by atoms with Crippen molar-refractivity contribution in [2.45, 2.75) is 32.0 Å². The van der Waals surface area contributed by atoms with E-state index in [1.54, 1.807) is 13.2 Å². The zero-order chi connectivity index (χ0) is 19.7. The van der Waals surface area contributed by atoms with Gasteiger partial charge in [0.05, 0.1) is 19.3 Å². The Morgan fingerprint density at radius 2 is 1.71 bits per heavy atom. The molecule has 0 amide bonds. The number of methoxy groups -OCH3 is 1. The highest BCUT2D eigenvalue weighted by atomic mass is 35.5. The van der Waals surface area contributed by atoms with Crippen LogP contribution in [0.25, 0.3) is 11.1 Å². The number of ether oxygens (including phenoxy) is 2. The molecule has 0 bridgehead atoms. The van der Waals surface area contributed by atoms with Gasteiger partial charge >= 0.3 is 0 Å². The van der Waals surface area contributed by atoms with Crippen molar-refractivity contribution in [3.63, 3.8) is 0 Å². The second-order valence-electron chi connectivity index (χ2n) is 7.27. The summed E-state index contributed by atoms with van der Waals surface area (Å²) in [5, 5.41) is 1.34. The average molecular weight is 413 g/mol. The van der Waals surface area contributed by atoms with Crippen LogP contribution in [0.1, 0.15) is 29.5 Å². The molecule has 144 valence electrons. The van der Waals surface area contributed by atoms with E-state index in [4.69, 9.17) is 32.7 Å². The van der Waals surface area contributed by atoms with Crippen LogP contribution >= 0.6 is 23.2 Å². The topological polar surface area (TPSA) is 18.5 Å². The minimum absolute atomic E-state index is 0.294. The molecular formula is C24H22Cl2O2. The lowest BCUT2D eigenvalue weighted by molar-refractivity contribution is 0.0176. The summed E-state index contributed by atoms with van der Waals surface area (Å²) in [5.74, 6) is 0.876. The summed E-state index contributed by atoms with van der Waals surface area (Å²) in [6.45, 7) is 2.50. The first kappa shape index (κ1) is 19.3. The fourth-order valence-electron chi connectivity index (χ4n) is 3.61. The van der Waals surface area contributed by atoms with Crippen LogP contribution in [0, 0.1) is 6.92 Å². The van der Waals surface area contributed by atoms with Crippen LogP contribution in [-0.4, -0.2) is 7.11 Å². The highest BCUT2D eigenvalue weighted by molar-refractivity contribution is 6.33. The molecule has 0 spiro atoms. The van der Waals surface area contributed by atoms with E-state index in [0.717, 1.165) is 35.3 Å². The summed E-state index contributed by atoms with van der Waals surface area (Å²) in [6, 6.07) is 20.2. The second kappa shape index (κ2) is 7.79. The van der Waals surface area contributed by atoms with Crippen molar-refractivity contribution in [3.8, 4) is 16.9 Å². The Hall–Kier alpha value is -2.00. The summed E-state index contributed by atoms with van der Waals surface area (Å²) in [6.07, 6.45) is 1.97. The first-order valence-corrected chi connectivity index (χ1v) is 10.1. The molecule has 0 atom stereocenters. The maximum Gasteiger partial charge on any atom is 0.126 e. The molecule has 1 aliphatic rings. The van der Waals surface area contributed by atoms with E-state index in [1.165, 1.54) is 11.1 Å². The molecule has 0 N–H and O–H groups in total. The predicted octanol–water partition coefficient (Wildman–Crippen LogP) is 7.18. The predicted molar refractivity (Wildman–Crippen MR) is 115 cm³/mol. The van der Waals surface area contributed by atoms with Gasteiger partial charge < -0.3 is 9.47 Å². The van der Waals surface area contributed by atoms with Gasteiger partial charge in [-0.05, 0) is 66.3 Å². The zero-order valence-corrected chi connectivity index (χ0v) is 17.5. The maximum atomic E-state index is 6.42. The van der Waals surface area contributed by atoms with Gasteiger partial charge in [-0.15, -0.1) is 0 Å². The van der Waals surface area contributed by atoms with Crippen molar-refractivity contribution in [1.82, 2.24) is 0 Å². The van der Waals surface area contributed by atoms with Crippen LogP contribution in [0.15, 0.2) is 60.7 Å². The molecule has 0 heterocycles. The SMILES string of the molecule is COc1cc(C)ccc1-c1ccccc1C1(OCc2cc(Cl)ccc2Cl)CC1. The molecule has 4 heteroatoms. The van der Waals surface area contributed by atoms with Crippen molar-refractivity contribution in [2.24, 2.45) is 0 Å². The van der Waals surface area contributed by atoms with Crippen molar-refractivity contribution >= 4 is 23.2 Å². The van der Waals surface area contributed by atoms with Crippen LogP contribution in [0.3, 0.4) is 0 Å². The van der Waals surface area contributed by atoms with Gasteiger partial charge in [0.25, 0.3) is 0 Å². The number of hydrogen-bond acceptors (Lipinski definition) is 2. The van der Waals surface area contributed by atoms with Crippen molar-refractivity contribution in [2.75, 3.05) is 7.11 Å². The lowest BCUT2D eigenvalue weighted by Crippen LogP contribution is -2.13. The van der Waals surface area contributed by atoms with Gasteiger partial charge in [-0.3, -0.25) is 0 Å². The third kappa shape index (κ3) is 3.77. The van der Waals surface area contributed by atoms with Gasteiger partial charge in [0.2, 0.25) is 0 Å². The molecule has 0 unspecified atom stereocenters. The van der Waals surface area contributed by atoms with Crippen LogP contribution in [-0.2, 0) is 16.9 Å². The summed E-state index contributed by atoms with van der Waals surface area (Å²) in [4.78, 5) is 0. The Balaban J connectivity index is 1.68. The first-order valence-electron chi connectivity index (χ1n) is 9.35. The molecule has 2 nitrogen and oxygen atoms in total. The normalized spacial score (nSPS) is 14.7. The van der Waals surface area contributed by atoms with Crippen molar-refractivity contribution in [3.05, 3.63) is 87.4 Å². The molecule has 0 aliphatic heterocycles. The molecule has 0 aromatic heterocycles. The molecule has 0 saturated heterocycles. The van der Waals surface area contributed by atoms with Crippen LogP contribution in [0.5, 0.6) is 5.75 Å². The first-order chi connectivity index (χ1) is 13.5. The monoisotopic (exact) mass is 412 g/mol. The Morgan fingerprint density at radius 1 is 0.929 bits per heavy atom. The van der Waals surface area contributed by atoms with Gasteiger partial charge in [0.1, 0.15) is 5.75 Å². The lowest BCUT2D eigenvalue weighted by Gasteiger charge is -2.22. The summed E-state index contributed by atoms with van der Waals surface area (Å²) >= 11 is 12.4. The second-order valence-corrected chi connectivity index (χ2v) is 8.11. The molecule has 28 heavy (non-hydrogen) atoms.